The average molecular weight is 541 g/mol. The Morgan fingerprint density at radius 3 is 2.82 bits per heavy atom. The van der Waals surface area contributed by atoms with E-state index >= 15 is 0 Å². The number of halogens is 2. The zero-order valence-corrected chi connectivity index (χ0v) is 20.8. The van der Waals surface area contributed by atoms with E-state index in [2.05, 4.69) is 40.4 Å². The lowest BCUT2D eigenvalue weighted by atomic mass is 9.97. The third kappa shape index (κ3) is 4.75. The summed E-state index contributed by atoms with van der Waals surface area (Å²) < 4.78 is 6.42. The molecular formula is C23H27BrClN3O5. The van der Waals surface area contributed by atoms with Crippen molar-refractivity contribution in [2.75, 3.05) is 19.7 Å². The minimum absolute atomic E-state index is 0.0137. The van der Waals surface area contributed by atoms with Crippen molar-refractivity contribution in [3.05, 3.63) is 27.7 Å². The number of rotatable bonds is 8. The van der Waals surface area contributed by atoms with E-state index in [9.17, 15) is 19.2 Å². The molecule has 1 aromatic carbocycles. The number of ether oxygens (including phenoxy) is 1. The number of benzene rings is 1. The quantitative estimate of drug-likeness (QED) is 0.492. The first-order valence-corrected chi connectivity index (χ1v) is 12.2. The minimum Gasteiger partial charge on any atom is -0.482 e. The fraction of sp³-hybridized carbons (Fsp3) is 0.565. The van der Waals surface area contributed by atoms with Crippen molar-refractivity contribution in [3.8, 4) is 5.75 Å². The lowest BCUT2D eigenvalue weighted by molar-refractivity contribution is -0.142. The Hall–Kier alpha value is -2.13. The van der Waals surface area contributed by atoms with Crippen LogP contribution in [0.2, 0.25) is 5.02 Å². The van der Waals surface area contributed by atoms with Gasteiger partial charge >= 0.3 is 0 Å². The average Bonchev–Trinajstić information content (AvgIpc) is 3.12. The second-order valence-electron chi connectivity index (χ2n) is 9.57. The zero-order valence-electron chi connectivity index (χ0n) is 18.5. The predicted molar refractivity (Wildman–Crippen MR) is 125 cm³/mol. The van der Waals surface area contributed by atoms with Crippen molar-refractivity contribution < 1.29 is 23.9 Å². The van der Waals surface area contributed by atoms with Crippen LogP contribution in [0, 0.1) is 23.2 Å². The Morgan fingerprint density at radius 1 is 1.42 bits per heavy atom. The van der Waals surface area contributed by atoms with Crippen molar-refractivity contribution >= 4 is 51.5 Å². The molecule has 3 aliphatic rings. The third-order valence-corrected chi connectivity index (χ3v) is 8.02. The summed E-state index contributed by atoms with van der Waals surface area (Å²) in [6.45, 7) is 4.96. The molecule has 33 heavy (non-hydrogen) atoms. The summed E-state index contributed by atoms with van der Waals surface area (Å²) in [5, 5.41) is 5.90. The van der Waals surface area contributed by atoms with Crippen molar-refractivity contribution in [1.29, 1.82) is 0 Å². The van der Waals surface area contributed by atoms with Gasteiger partial charge in [0.05, 0.1) is 11.1 Å². The normalized spacial score (nSPS) is 28.0. The summed E-state index contributed by atoms with van der Waals surface area (Å²) in [6.07, 6.45) is 1.56. The van der Waals surface area contributed by atoms with Gasteiger partial charge in [0.25, 0.3) is 5.91 Å². The third-order valence-electron chi connectivity index (χ3n) is 7.24. The number of carbonyl (C=O) groups excluding carboxylic acids is 4. The van der Waals surface area contributed by atoms with Crippen LogP contribution in [0.5, 0.6) is 5.75 Å². The van der Waals surface area contributed by atoms with Crippen LogP contribution in [0.25, 0.3) is 0 Å². The first kappa shape index (κ1) is 24.0. The topological polar surface area (TPSA) is 105 Å². The summed E-state index contributed by atoms with van der Waals surface area (Å²) >= 11 is 9.49. The standard InChI is InChI=1S/C23H27BrClN3O5/c1-23(2)15-9-28(18(30)11-33-17-4-3-13(24)8-16(17)25)20(19(15)23)22(32)27-14(10-29)7-12-5-6-26-21(12)31/h3-4,8,10,12,14-15,19-20H,5-7,9,11H2,1-2H3,(H,26,31)(H,27,32)/t12-,14-,15-,19-,20-/m0/s1. The van der Waals surface area contributed by atoms with E-state index in [1.165, 1.54) is 0 Å². The number of piperidine rings is 1. The summed E-state index contributed by atoms with van der Waals surface area (Å²) in [6, 6.07) is 3.65. The number of likely N-dealkylation sites (tertiary alicyclic amines) is 1. The van der Waals surface area contributed by atoms with Gasteiger partial charge in [0.1, 0.15) is 18.1 Å². The summed E-state index contributed by atoms with van der Waals surface area (Å²) in [7, 11) is 0. The molecule has 178 valence electrons. The van der Waals surface area contributed by atoms with Crippen molar-refractivity contribution in [3.63, 3.8) is 0 Å². The monoisotopic (exact) mass is 539 g/mol. The molecule has 2 heterocycles. The smallest absolute Gasteiger partial charge is 0.261 e. The van der Waals surface area contributed by atoms with Crippen LogP contribution in [0.15, 0.2) is 22.7 Å². The van der Waals surface area contributed by atoms with Gasteiger partial charge in [-0.1, -0.05) is 41.4 Å². The van der Waals surface area contributed by atoms with E-state index in [-0.39, 0.29) is 53.9 Å². The van der Waals surface area contributed by atoms with Crippen LogP contribution in [0.4, 0.5) is 0 Å². The highest BCUT2D eigenvalue weighted by Crippen LogP contribution is 2.64. The molecule has 3 fully saturated rings. The summed E-state index contributed by atoms with van der Waals surface area (Å²) in [5.74, 6) is -0.455. The van der Waals surface area contributed by atoms with Gasteiger partial charge in [-0.05, 0) is 48.3 Å². The highest BCUT2D eigenvalue weighted by atomic mass is 79.9. The SMILES string of the molecule is CC1(C)[C@@H]2[C@@H](C(=O)N[C@H](C=O)C[C@@H]3CCNC3=O)N(C(=O)COc3ccc(Br)cc3Cl)C[C@@H]21. The van der Waals surface area contributed by atoms with Gasteiger partial charge in [-0.15, -0.1) is 0 Å². The fourth-order valence-electron chi connectivity index (χ4n) is 5.25. The summed E-state index contributed by atoms with van der Waals surface area (Å²) in [4.78, 5) is 51.3. The maximum atomic E-state index is 13.2. The summed E-state index contributed by atoms with van der Waals surface area (Å²) in [5.41, 5.74) is -0.0589. The van der Waals surface area contributed by atoms with E-state index in [0.717, 1.165) is 4.47 Å². The Balaban J connectivity index is 1.42. The van der Waals surface area contributed by atoms with Gasteiger partial charge < -0.3 is 25.1 Å². The Morgan fingerprint density at radius 2 is 2.18 bits per heavy atom. The van der Waals surface area contributed by atoms with Gasteiger partial charge in [-0.3, -0.25) is 14.4 Å². The Kier molecular flexibility index (Phi) is 6.73. The molecule has 0 bridgehead atoms. The predicted octanol–water partition coefficient (Wildman–Crippen LogP) is 2.17. The van der Waals surface area contributed by atoms with Crippen molar-refractivity contribution in [2.45, 2.75) is 38.8 Å². The molecule has 2 aliphatic heterocycles. The number of hydrogen-bond donors (Lipinski definition) is 2. The lowest BCUT2D eigenvalue weighted by Crippen LogP contribution is -2.53. The van der Waals surface area contributed by atoms with Crippen molar-refractivity contribution in [1.82, 2.24) is 15.5 Å². The van der Waals surface area contributed by atoms with E-state index in [1.807, 2.05) is 0 Å². The maximum Gasteiger partial charge on any atom is 0.261 e. The van der Waals surface area contributed by atoms with Crippen LogP contribution in [0.1, 0.15) is 26.7 Å². The number of amides is 3. The number of nitrogens with one attached hydrogen (secondary N) is 2. The fourth-order valence-corrected chi connectivity index (χ4v) is 5.98. The number of fused-ring (bicyclic) bond motifs is 1. The van der Waals surface area contributed by atoms with Gasteiger partial charge in [0.15, 0.2) is 6.61 Å². The molecule has 2 saturated heterocycles. The van der Waals surface area contributed by atoms with E-state index in [0.29, 0.717) is 36.6 Å². The molecule has 2 N–H and O–H groups in total. The van der Waals surface area contributed by atoms with Crippen LogP contribution in [0.3, 0.4) is 0 Å². The highest BCUT2D eigenvalue weighted by Gasteiger charge is 2.69. The molecular weight excluding hydrogens is 514 g/mol. The van der Waals surface area contributed by atoms with Gasteiger partial charge in [-0.25, -0.2) is 0 Å². The molecule has 0 aromatic heterocycles. The number of carbonyl (C=O) groups is 4. The highest BCUT2D eigenvalue weighted by molar-refractivity contribution is 9.10. The number of aldehydes is 1. The van der Waals surface area contributed by atoms with Crippen LogP contribution >= 0.6 is 27.5 Å². The lowest BCUT2D eigenvalue weighted by Gasteiger charge is -2.31. The molecule has 1 aromatic rings. The molecule has 1 saturated carbocycles. The molecule has 10 heteroatoms. The van der Waals surface area contributed by atoms with E-state index < -0.39 is 12.1 Å². The maximum absolute atomic E-state index is 13.2. The Labute approximate surface area is 205 Å². The Bertz CT molecular complexity index is 987. The van der Waals surface area contributed by atoms with Gasteiger partial charge in [0, 0.05) is 23.5 Å². The zero-order chi connectivity index (χ0) is 23.9. The molecule has 4 rings (SSSR count). The van der Waals surface area contributed by atoms with E-state index in [1.54, 1.807) is 23.1 Å². The van der Waals surface area contributed by atoms with Gasteiger partial charge in [0.2, 0.25) is 11.8 Å². The number of hydrogen-bond acceptors (Lipinski definition) is 5. The molecule has 8 nitrogen and oxygen atoms in total. The molecule has 5 atom stereocenters. The second kappa shape index (κ2) is 9.25. The first-order valence-electron chi connectivity index (χ1n) is 11.0. The van der Waals surface area contributed by atoms with Gasteiger partial charge in [-0.2, -0.15) is 0 Å². The molecule has 0 unspecified atom stereocenters. The molecule has 3 amide bonds. The van der Waals surface area contributed by atoms with Crippen molar-refractivity contribution in [2.24, 2.45) is 23.2 Å². The van der Waals surface area contributed by atoms with Crippen LogP contribution in [-0.2, 0) is 19.2 Å². The largest absolute Gasteiger partial charge is 0.482 e. The molecule has 0 radical (unpaired) electrons. The minimum atomic E-state index is -0.776. The van der Waals surface area contributed by atoms with E-state index in [4.69, 9.17) is 16.3 Å². The second-order valence-corrected chi connectivity index (χ2v) is 10.9. The molecule has 1 aliphatic carbocycles. The number of nitrogens with zero attached hydrogens (tertiary/aromatic N) is 1. The van der Waals surface area contributed by atoms with Crippen LogP contribution < -0.4 is 15.4 Å². The first-order chi connectivity index (χ1) is 15.6. The van der Waals surface area contributed by atoms with Crippen LogP contribution in [-0.4, -0.2) is 60.7 Å². The molecule has 0 spiro atoms.